The standard InChI is InChI=1S/C26H27F3N6O2S2/c1-4-17-11-30-23(31-12-17)34(9-8-20-16-38-24(33-20)39-25(2,3)22(36)37)14-18-13-32-35(15-18)21-7-5-6-19(10-21)26(27,28)29/h5-7,10-13,15-16H,4,8-9,14H2,1-3H3,(H,36,37). The van der Waals surface area contributed by atoms with E-state index in [0.717, 1.165) is 35.4 Å². The molecule has 3 aromatic heterocycles. The summed E-state index contributed by atoms with van der Waals surface area (Å²) in [7, 11) is 0. The molecule has 39 heavy (non-hydrogen) atoms. The number of aryl methyl sites for hydroxylation is 1. The van der Waals surface area contributed by atoms with Crippen LogP contribution in [0.15, 0.2) is 58.8 Å². The van der Waals surface area contributed by atoms with Crippen molar-refractivity contribution >= 4 is 35.0 Å². The number of alkyl halides is 3. The summed E-state index contributed by atoms with van der Waals surface area (Å²) < 4.78 is 40.6. The molecule has 0 unspecified atom stereocenters. The first-order valence-corrected chi connectivity index (χ1v) is 13.8. The van der Waals surface area contributed by atoms with Crippen molar-refractivity contribution in [3.05, 3.63) is 76.8 Å². The number of carboxylic acid groups (broad SMARTS) is 1. The lowest BCUT2D eigenvalue weighted by atomic mass is 10.2. The Morgan fingerprint density at radius 3 is 2.56 bits per heavy atom. The molecule has 4 rings (SSSR count). The van der Waals surface area contributed by atoms with Crippen LogP contribution in [-0.2, 0) is 30.4 Å². The van der Waals surface area contributed by atoms with Crippen molar-refractivity contribution in [2.45, 2.75) is 55.4 Å². The maximum atomic E-state index is 13.2. The summed E-state index contributed by atoms with van der Waals surface area (Å²) in [5.41, 5.74) is 2.16. The number of carbonyl (C=O) groups is 1. The number of benzene rings is 1. The predicted molar refractivity (Wildman–Crippen MR) is 144 cm³/mol. The van der Waals surface area contributed by atoms with Gasteiger partial charge >= 0.3 is 12.1 Å². The second-order valence-electron chi connectivity index (χ2n) is 9.28. The SMILES string of the molecule is CCc1cnc(N(CCc2csc(SC(C)(C)C(=O)O)n2)Cc2cnn(-c3cccc(C(F)(F)F)c3)c2)nc1. The molecule has 0 fully saturated rings. The van der Waals surface area contributed by atoms with Gasteiger partial charge < -0.3 is 10.0 Å². The molecule has 0 spiro atoms. The molecule has 1 N–H and O–H groups in total. The minimum Gasteiger partial charge on any atom is -0.480 e. The van der Waals surface area contributed by atoms with Gasteiger partial charge in [0.05, 0.1) is 23.1 Å². The Labute approximate surface area is 231 Å². The molecule has 4 aromatic rings. The fourth-order valence-electron chi connectivity index (χ4n) is 3.53. The number of rotatable bonds is 11. The largest absolute Gasteiger partial charge is 0.480 e. The minimum atomic E-state index is -4.44. The van der Waals surface area contributed by atoms with Crippen molar-refractivity contribution in [3.63, 3.8) is 0 Å². The van der Waals surface area contributed by atoms with Gasteiger partial charge in [0.2, 0.25) is 5.95 Å². The van der Waals surface area contributed by atoms with E-state index in [1.54, 1.807) is 44.7 Å². The molecule has 0 saturated carbocycles. The monoisotopic (exact) mass is 576 g/mol. The van der Waals surface area contributed by atoms with Crippen molar-refractivity contribution in [1.82, 2.24) is 24.7 Å². The van der Waals surface area contributed by atoms with Crippen LogP contribution >= 0.6 is 23.1 Å². The molecule has 1 aromatic carbocycles. The molecule has 0 saturated heterocycles. The summed E-state index contributed by atoms with van der Waals surface area (Å²) in [5, 5.41) is 15.6. The highest BCUT2D eigenvalue weighted by molar-refractivity contribution is 8.03. The Bertz CT molecular complexity index is 1420. The zero-order chi connectivity index (χ0) is 28.2. The fraction of sp³-hybridized carbons (Fsp3) is 0.346. The van der Waals surface area contributed by atoms with Crippen LogP contribution in [0.2, 0.25) is 0 Å². The molecule has 0 aliphatic heterocycles. The average Bonchev–Trinajstić information content (AvgIpc) is 3.55. The number of hydrogen-bond acceptors (Lipinski definition) is 8. The quantitative estimate of drug-likeness (QED) is 0.220. The van der Waals surface area contributed by atoms with E-state index in [-0.39, 0.29) is 0 Å². The number of nitrogens with zero attached hydrogens (tertiary/aromatic N) is 6. The third-order valence-electron chi connectivity index (χ3n) is 5.86. The predicted octanol–water partition coefficient (Wildman–Crippen LogP) is 5.90. The lowest BCUT2D eigenvalue weighted by Gasteiger charge is -2.21. The smallest absolute Gasteiger partial charge is 0.416 e. The Kier molecular flexibility index (Phi) is 8.60. The highest BCUT2D eigenvalue weighted by Crippen LogP contribution is 2.35. The lowest BCUT2D eigenvalue weighted by Crippen LogP contribution is -2.27. The van der Waals surface area contributed by atoms with Crippen LogP contribution in [0.3, 0.4) is 0 Å². The molecule has 0 bridgehead atoms. The van der Waals surface area contributed by atoms with Gasteiger partial charge in [-0.2, -0.15) is 18.3 Å². The maximum Gasteiger partial charge on any atom is 0.416 e. The third-order valence-corrected chi connectivity index (χ3v) is 8.03. The van der Waals surface area contributed by atoms with E-state index in [1.807, 2.05) is 17.2 Å². The Balaban J connectivity index is 1.51. The normalized spacial score (nSPS) is 12.1. The molecule has 13 heteroatoms. The van der Waals surface area contributed by atoms with Crippen LogP contribution in [0.1, 0.15) is 43.2 Å². The molecule has 0 atom stereocenters. The summed E-state index contributed by atoms with van der Waals surface area (Å²) in [4.78, 5) is 27.0. The number of aromatic nitrogens is 5. The Morgan fingerprint density at radius 2 is 1.90 bits per heavy atom. The topological polar surface area (TPSA) is 97.0 Å². The molecule has 206 valence electrons. The number of aliphatic carboxylic acids is 1. The average molecular weight is 577 g/mol. The van der Waals surface area contributed by atoms with Gasteiger partial charge in [0.1, 0.15) is 4.75 Å². The molecule has 0 amide bonds. The minimum absolute atomic E-state index is 0.308. The van der Waals surface area contributed by atoms with Crippen molar-refractivity contribution in [1.29, 1.82) is 0 Å². The number of thiazole rings is 1. The summed E-state index contributed by atoms with van der Waals surface area (Å²) in [6.07, 6.45) is 3.76. The van der Waals surface area contributed by atoms with E-state index >= 15 is 0 Å². The first-order chi connectivity index (χ1) is 18.4. The van der Waals surface area contributed by atoms with Gasteiger partial charge in [-0.05, 0) is 44.0 Å². The van der Waals surface area contributed by atoms with Crippen molar-refractivity contribution in [2.75, 3.05) is 11.4 Å². The second-order valence-corrected chi connectivity index (χ2v) is 12.0. The molecular formula is C26H27F3N6O2S2. The van der Waals surface area contributed by atoms with Gasteiger partial charge in [-0.25, -0.2) is 19.6 Å². The zero-order valence-electron chi connectivity index (χ0n) is 21.5. The van der Waals surface area contributed by atoms with Crippen molar-refractivity contribution in [3.8, 4) is 5.69 Å². The number of hydrogen-bond donors (Lipinski definition) is 1. The van der Waals surface area contributed by atoms with Crippen LogP contribution < -0.4 is 4.90 Å². The van der Waals surface area contributed by atoms with Gasteiger partial charge in [0.15, 0.2) is 4.34 Å². The highest BCUT2D eigenvalue weighted by Gasteiger charge is 2.31. The number of halogens is 3. The van der Waals surface area contributed by atoms with E-state index in [1.165, 1.54) is 33.8 Å². The first-order valence-electron chi connectivity index (χ1n) is 12.1. The van der Waals surface area contributed by atoms with Crippen LogP contribution in [0.4, 0.5) is 19.1 Å². The fourth-order valence-corrected chi connectivity index (χ4v) is 5.76. The number of carboxylic acids is 1. The summed E-state index contributed by atoms with van der Waals surface area (Å²) in [5.74, 6) is -0.398. The lowest BCUT2D eigenvalue weighted by molar-refractivity contribution is -0.139. The molecule has 3 heterocycles. The van der Waals surface area contributed by atoms with Crippen LogP contribution in [0.5, 0.6) is 0 Å². The molecule has 0 aliphatic carbocycles. The van der Waals surface area contributed by atoms with E-state index in [0.29, 0.717) is 35.5 Å². The Morgan fingerprint density at radius 1 is 1.15 bits per heavy atom. The molecule has 0 radical (unpaired) electrons. The molecule has 0 aliphatic rings. The van der Waals surface area contributed by atoms with Crippen molar-refractivity contribution < 1.29 is 23.1 Å². The summed E-state index contributed by atoms with van der Waals surface area (Å²) in [6, 6.07) is 5.01. The van der Waals surface area contributed by atoms with Crippen LogP contribution in [-0.4, -0.2) is 47.1 Å². The maximum absolute atomic E-state index is 13.2. The van der Waals surface area contributed by atoms with Gasteiger partial charge in [-0.3, -0.25) is 4.79 Å². The van der Waals surface area contributed by atoms with Crippen LogP contribution in [0.25, 0.3) is 5.69 Å². The van der Waals surface area contributed by atoms with Gasteiger partial charge in [-0.15, -0.1) is 11.3 Å². The second kappa shape index (κ2) is 11.7. The zero-order valence-corrected chi connectivity index (χ0v) is 23.1. The molecule has 8 nitrogen and oxygen atoms in total. The van der Waals surface area contributed by atoms with E-state index in [2.05, 4.69) is 20.1 Å². The van der Waals surface area contributed by atoms with Crippen molar-refractivity contribution in [2.24, 2.45) is 0 Å². The highest BCUT2D eigenvalue weighted by atomic mass is 32.2. The van der Waals surface area contributed by atoms with E-state index in [4.69, 9.17) is 0 Å². The third kappa shape index (κ3) is 7.35. The number of anilines is 1. The van der Waals surface area contributed by atoms with Gasteiger partial charge in [-0.1, -0.05) is 24.8 Å². The Hall–Kier alpha value is -3.45. The molecular weight excluding hydrogens is 549 g/mol. The first kappa shape index (κ1) is 28.6. The summed E-state index contributed by atoms with van der Waals surface area (Å²) >= 11 is 2.60. The van der Waals surface area contributed by atoms with Gasteiger partial charge in [0.25, 0.3) is 0 Å². The van der Waals surface area contributed by atoms with Gasteiger partial charge in [0, 0.05) is 49.0 Å². The number of thioether (sulfide) groups is 1. The van der Waals surface area contributed by atoms with E-state index in [9.17, 15) is 23.1 Å². The summed E-state index contributed by atoms with van der Waals surface area (Å²) in [6.45, 7) is 6.18. The van der Waals surface area contributed by atoms with E-state index < -0.39 is 22.5 Å². The van der Waals surface area contributed by atoms with Crippen LogP contribution in [0, 0.1) is 0 Å².